The van der Waals surface area contributed by atoms with Gasteiger partial charge in [-0.2, -0.15) is 11.8 Å². The molecule has 1 aromatic heterocycles. The number of nitrogens with zero attached hydrogens (tertiary/aromatic N) is 2. The summed E-state index contributed by atoms with van der Waals surface area (Å²) >= 11 is 3.76. The Hall–Kier alpha value is -0.910. The molecule has 0 radical (unpaired) electrons. The number of hydrogen-bond donors (Lipinski definition) is 1. The Morgan fingerprint density at radius 3 is 2.79 bits per heavy atom. The molecule has 1 aliphatic rings. The lowest BCUT2D eigenvalue weighted by atomic mass is 10.1. The van der Waals surface area contributed by atoms with Crippen molar-refractivity contribution in [1.29, 1.82) is 0 Å². The highest BCUT2D eigenvalue weighted by atomic mass is 32.2. The van der Waals surface area contributed by atoms with Crippen LogP contribution >= 0.6 is 23.1 Å². The van der Waals surface area contributed by atoms with Crippen molar-refractivity contribution in [2.45, 2.75) is 24.1 Å². The largest absolute Gasteiger partial charge is 0.307 e. The lowest BCUT2D eigenvalue weighted by Gasteiger charge is -2.12. The van der Waals surface area contributed by atoms with E-state index in [1.165, 1.54) is 29.2 Å². The minimum atomic E-state index is 0.152. The van der Waals surface area contributed by atoms with E-state index in [4.69, 9.17) is 0 Å². The van der Waals surface area contributed by atoms with Gasteiger partial charge >= 0.3 is 0 Å². The standard InChI is InChI=1S/C14H17N3S2/c1-15-12(10-6-3-2-4-7-10)14-17-16-13(19-14)11-8-5-9-18-11/h2-4,6-7,11-12,15H,5,8-9H2,1H3. The molecule has 5 heteroatoms. The molecule has 2 aromatic rings. The fourth-order valence-corrected chi connectivity index (χ4v) is 4.83. The molecule has 19 heavy (non-hydrogen) atoms. The van der Waals surface area contributed by atoms with Crippen LogP contribution in [0.4, 0.5) is 0 Å². The average molecular weight is 291 g/mol. The summed E-state index contributed by atoms with van der Waals surface area (Å²) in [5.74, 6) is 1.26. The number of nitrogens with one attached hydrogen (secondary N) is 1. The Kier molecular flexibility index (Phi) is 4.15. The maximum Gasteiger partial charge on any atom is 0.139 e. The second-order valence-corrected chi connectivity index (χ2v) is 6.96. The van der Waals surface area contributed by atoms with E-state index in [2.05, 4.69) is 39.8 Å². The normalized spacial score (nSPS) is 20.6. The number of hydrogen-bond acceptors (Lipinski definition) is 5. The van der Waals surface area contributed by atoms with E-state index in [-0.39, 0.29) is 6.04 Å². The van der Waals surface area contributed by atoms with Gasteiger partial charge in [0, 0.05) is 0 Å². The fraction of sp³-hybridized carbons (Fsp3) is 0.429. The van der Waals surface area contributed by atoms with Crippen molar-refractivity contribution in [1.82, 2.24) is 15.5 Å². The highest BCUT2D eigenvalue weighted by Crippen LogP contribution is 2.41. The molecular weight excluding hydrogens is 274 g/mol. The third-order valence-corrected chi connectivity index (χ3v) is 5.97. The van der Waals surface area contributed by atoms with Gasteiger partial charge < -0.3 is 5.32 Å². The Balaban J connectivity index is 1.84. The monoisotopic (exact) mass is 291 g/mol. The summed E-state index contributed by atoms with van der Waals surface area (Å²) in [6, 6.07) is 10.6. The van der Waals surface area contributed by atoms with E-state index in [9.17, 15) is 0 Å². The Labute approximate surface area is 121 Å². The first kappa shape index (κ1) is 13.1. The zero-order valence-electron chi connectivity index (χ0n) is 10.9. The first-order chi connectivity index (χ1) is 9.38. The highest BCUT2D eigenvalue weighted by molar-refractivity contribution is 7.99. The summed E-state index contributed by atoms with van der Waals surface area (Å²) in [5.41, 5.74) is 1.24. The van der Waals surface area contributed by atoms with Crippen molar-refractivity contribution in [2.75, 3.05) is 12.8 Å². The van der Waals surface area contributed by atoms with E-state index in [0.717, 1.165) is 5.01 Å². The summed E-state index contributed by atoms with van der Waals surface area (Å²) in [6.07, 6.45) is 2.55. The summed E-state index contributed by atoms with van der Waals surface area (Å²) < 4.78 is 0. The molecule has 3 rings (SSSR count). The van der Waals surface area contributed by atoms with Gasteiger partial charge in [-0.3, -0.25) is 0 Å². The average Bonchev–Trinajstić information content (AvgIpc) is 3.11. The number of rotatable bonds is 4. The lowest BCUT2D eigenvalue weighted by molar-refractivity contribution is 0.676. The van der Waals surface area contributed by atoms with Crippen molar-refractivity contribution in [3.63, 3.8) is 0 Å². The first-order valence-electron chi connectivity index (χ1n) is 6.55. The van der Waals surface area contributed by atoms with Crippen molar-refractivity contribution in [3.8, 4) is 0 Å². The molecule has 1 saturated heterocycles. The maximum atomic E-state index is 4.40. The molecule has 1 fully saturated rings. The van der Waals surface area contributed by atoms with E-state index in [1.807, 2.05) is 24.9 Å². The quantitative estimate of drug-likeness (QED) is 0.936. The molecule has 0 amide bonds. The SMILES string of the molecule is CNC(c1ccccc1)c1nnc(C2CCCS2)s1. The zero-order chi connectivity index (χ0) is 13.1. The number of aromatic nitrogens is 2. The molecule has 3 nitrogen and oxygen atoms in total. The van der Waals surface area contributed by atoms with Crippen LogP contribution in [0.5, 0.6) is 0 Å². The summed E-state index contributed by atoms with van der Waals surface area (Å²) in [6.45, 7) is 0. The van der Waals surface area contributed by atoms with Gasteiger partial charge in [-0.05, 0) is 31.2 Å². The van der Waals surface area contributed by atoms with Crippen LogP contribution in [-0.4, -0.2) is 23.0 Å². The molecule has 2 heterocycles. The van der Waals surface area contributed by atoms with Crippen LogP contribution in [-0.2, 0) is 0 Å². The van der Waals surface area contributed by atoms with Crippen molar-refractivity contribution in [3.05, 3.63) is 45.9 Å². The molecule has 0 aliphatic carbocycles. The summed E-state index contributed by atoms with van der Waals surface area (Å²) in [7, 11) is 1.98. The molecule has 2 unspecified atom stereocenters. The third-order valence-electron chi connectivity index (χ3n) is 3.33. The lowest BCUT2D eigenvalue weighted by Crippen LogP contribution is -2.17. The van der Waals surface area contributed by atoms with Gasteiger partial charge in [0.1, 0.15) is 10.0 Å². The van der Waals surface area contributed by atoms with Crippen LogP contribution in [0.2, 0.25) is 0 Å². The van der Waals surface area contributed by atoms with Gasteiger partial charge in [-0.15, -0.1) is 10.2 Å². The molecule has 0 spiro atoms. The summed E-state index contributed by atoms with van der Waals surface area (Å²) in [4.78, 5) is 0. The zero-order valence-corrected chi connectivity index (χ0v) is 12.5. The third kappa shape index (κ3) is 2.83. The maximum absolute atomic E-state index is 4.40. The van der Waals surface area contributed by atoms with Crippen molar-refractivity contribution in [2.24, 2.45) is 0 Å². The van der Waals surface area contributed by atoms with E-state index in [0.29, 0.717) is 5.25 Å². The smallest absolute Gasteiger partial charge is 0.139 e. The van der Waals surface area contributed by atoms with Gasteiger partial charge in [0.25, 0.3) is 0 Å². The van der Waals surface area contributed by atoms with Crippen LogP contribution in [0, 0.1) is 0 Å². The number of thioether (sulfide) groups is 1. The van der Waals surface area contributed by atoms with Crippen LogP contribution < -0.4 is 5.32 Å². The molecule has 100 valence electrons. The predicted molar refractivity (Wildman–Crippen MR) is 81.7 cm³/mol. The Bertz CT molecular complexity index is 520. The number of benzene rings is 1. The molecule has 1 aliphatic heterocycles. The minimum absolute atomic E-state index is 0.152. The Morgan fingerprint density at radius 2 is 2.11 bits per heavy atom. The molecule has 2 atom stereocenters. The second-order valence-electron chi connectivity index (χ2n) is 4.61. The van der Waals surface area contributed by atoms with Crippen molar-refractivity contribution < 1.29 is 0 Å². The van der Waals surface area contributed by atoms with E-state index < -0.39 is 0 Å². The summed E-state index contributed by atoms with van der Waals surface area (Å²) in [5, 5.41) is 15.0. The first-order valence-corrected chi connectivity index (χ1v) is 8.42. The minimum Gasteiger partial charge on any atom is -0.307 e. The van der Waals surface area contributed by atoms with E-state index in [1.54, 1.807) is 11.3 Å². The highest BCUT2D eigenvalue weighted by Gasteiger charge is 2.24. The van der Waals surface area contributed by atoms with Gasteiger partial charge in [-0.25, -0.2) is 0 Å². The predicted octanol–water partition coefficient (Wildman–Crippen LogP) is 3.42. The van der Waals surface area contributed by atoms with Gasteiger partial charge in [0.2, 0.25) is 0 Å². The second kappa shape index (κ2) is 6.03. The Morgan fingerprint density at radius 1 is 1.26 bits per heavy atom. The fourth-order valence-electron chi connectivity index (χ4n) is 2.34. The molecule has 1 aromatic carbocycles. The van der Waals surface area contributed by atoms with Gasteiger partial charge in [0.15, 0.2) is 0 Å². The van der Waals surface area contributed by atoms with Crippen LogP contribution in [0.25, 0.3) is 0 Å². The molecule has 1 N–H and O–H groups in total. The van der Waals surface area contributed by atoms with Gasteiger partial charge in [0.05, 0.1) is 11.3 Å². The van der Waals surface area contributed by atoms with Crippen LogP contribution in [0.15, 0.2) is 30.3 Å². The molecule has 0 saturated carbocycles. The van der Waals surface area contributed by atoms with Crippen molar-refractivity contribution >= 4 is 23.1 Å². The van der Waals surface area contributed by atoms with Crippen LogP contribution in [0.1, 0.15) is 39.7 Å². The van der Waals surface area contributed by atoms with Gasteiger partial charge in [-0.1, -0.05) is 41.7 Å². The molecule has 0 bridgehead atoms. The molecular formula is C14H17N3S2. The van der Waals surface area contributed by atoms with Crippen LogP contribution in [0.3, 0.4) is 0 Å². The topological polar surface area (TPSA) is 37.8 Å². The van der Waals surface area contributed by atoms with E-state index >= 15 is 0 Å².